The van der Waals surface area contributed by atoms with Gasteiger partial charge in [0.05, 0.1) is 12.7 Å². The van der Waals surface area contributed by atoms with Crippen LogP contribution in [0.3, 0.4) is 0 Å². The molecule has 8 nitrogen and oxygen atoms in total. The zero-order valence-corrected chi connectivity index (χ0v) is 22.7. The van der Waals surface area contributed by atoms with E-state index in [0.29, 0.717) is 62.3 Å². The zero-order valence-electron chi connectivity index (χ0n) is 22.7. The van der Waals surface area contributed by atoms with Crippen LogP contribution in [-0.2, 0) is 16.8 Å². The number of aryl methyl sites for hydroxylation is 1. The Balaban J connectivity index is 1.98. The molecule has 1 aliphatic heterocycles. The Labute approximate surface area is 224 Å². The van der Waals surface area contributed by atoms with Gasteiger partial charge in [-0.05, 0) is 61.9 Å². The van der Waals surface area contributed by atoms with Crippen molar-refractivity contribution in [1.29, 1.82) is 0 Å². The Bertz CT molecular complexity index is 1080. The molecular formula is C29H41FN4O4. The van der Waals surface area contributed by atoms with Crippen molar-refractivity contribution in [1.82, 2.24) is 20.9 Å². The lowest BCUT2D eigenvalue weighted by atomic mass is 9.72. The molecule has 0 spiro atoms. The molecular weight excluding hydrogens is 487 g/mol. The lowest BCUT2D eigenvalue weighted by molar-refractivity contribution is -0.0548. The first-order valence-electron chi connectivity index (χ1n) is 13.4. The van der Waals surface area contributed by atoms with Gasteiger partial charge in [-0.2, -0.15) is 0 Å². The molecule has 2 aromatic carbocycles. The number of methoxy groups -OCH3 is 1. The van der Waals surface area contributed by atoms with Crippen LogP contribution in [0.1, 0.15) is 43.7 Å². The summed E-state index contributed by atoms with van der Waals surface area (Å²) in [6.07, 6.45) is 2.40. The number of rotatable bonds is 11. The first kappa shape index (κ1) is 29.4. The fourth-order valence-corrected chi connectivity index (χ4v) is 5.26. The predicted octanol–water partition coefficient (Wildman–Crippen LogP) is 4.02. The Hall–Kier alpha value is -3.17. The average Bonchev–Trinajstić information content (AvgIpc) is 2.95. The van der Waals surface area contributed by atoms with E-state index in [4.69, 9.17) is 0 Å². The highest BCUT2D eigenvalue weighted by Gasteiger charge is 2.43. The molecule has 2 atom stereocenters. The molecule has 0 radical (unpaired) electrons. The summed E-state index contributed by atoms with van der Waals surface area (Å²) in [5, 5.41) is 21.0. The van der Waals surface area contributed by atoms with Gasteiger partial charge in [-0.15, -0.1) is 0 Å². The van der Waals surface area contributed by atoms with Gasteiger partial charge < -0.3 is 30.7 Å². The summed E-state index contributed by atoms with van der Waals surface area (Å²) in [4.78, 5) is 26.2. The molecule has 0 saturated carbocycles. The predicted molar refractivity (Wildman–Crippen MR) is 146 cm³/mol. The number of carbonyl (C=O) groups is 2. The van der Waals surface area contributed by atoms with Gasteiger partial charge in [-0.1, -0.05) is 43.3 Å². The SMILES string of the molecule is CCc1cccc(-c2c(F)cccc2C(O)(CCCNC(=O)OC)[C@@H]2CCCN(C(=O)NCCNC)C2)c1. The summed E-state index contributed by atoms with van der Waals surface area (Å²) in [5.74, 6) is -0.723. The molecule has 208 valence electrons. The first-order valence-corrected chi connectivity index (χ1v) is 13.4. The molecule has 2 aromatic rings. The lowest BCUT2D eigenvalue weighted by Gasteiger charge is -2.43. The van der Waals surface area contributed by atoms with E-state index in [0.717, 1.165) is 18.4 Å². The summed E-state index contributed by atoms with van der Waals surface area (Å²) in [6, 6.07) is 12.4. The number of carbonyl (C=O) groups excluding carboxylic acids is 2. The van der Waals surface area contributed by atoms with Crippen LogP contribution >= 0.6 is 0 Å². The third-order valence-electron chi connectivity index (χ3n) is 7.33. The van der Waals surface area contributed by atoms with Crippen LogP contribution in [-0.4, -0.2) is 69.0 Å². The van der Waals surface area contributed by atoms with Crippen molar-refractivity contribution in [3.63, 3.8) is 0 Å². The number of aliphatic hydroxyl groups is 1. The number of nitrogens with zero attached hydrogens (tertiary/aromatic N) is 1. The van der Waals surface area contributed by atoms with Crippen LogP contribution in [0.25, 0.3) is 11.1 Å². The van der Waals surface area contributed by atoms with E-state index in [2.05, 4.69) is 20.7 Å². The molecule has 4 N–H and O–H groups in total. The van der Waals surface area contributed by atoms with Gasteiger partial charge >= 0.3 is 12.1 Å². The van der Waals surface area contributed by atoms with Gasteiger partial charge in [0.1, 0.15) is 5.82 Å². The second-order valence-corrected chi connectivity index (χ2v) is 9.78. The lowest BCUT2D eigenvalue weighted by Crippen LogP contribution is -2.51. The van der Waals surface area contributed by atoms with Crippen LogP contribution in [0.2, 0.25) is 0 Å². The van der Waals surface area contributed by atoms with Crippen molar-refractivity contribution in [2.75, 3.05) is 46.9 Å². The smallest absolute Gasteiger partial charge is 0.406 e. The molecule has 1 saturated heterocycles. The maximum atomic E-state index is 15.5. The van der Waals surface area contributed by atoms with Crippen molar-refractivity contribution in [3.8, 4) is 11.1 Å². The number of likely N-dealkylation sites (tertiary alicyclic amines) is 1. The molecule has 9 heteroatoms. The minimum atomic E-state index is -1.43. The fraction of sp³-hybridized carbons (Fsp3) is 0.517. The second kappa shape index (κ2) is 14.1. The van der Waals surface area contributed by atoms with Crippen LogP contribution in [0, 0.1) is 11.7 Å². The summed E-state index contributed by atoms with van der Waals surface area (Å²) in [5.41, 5.74) is 1.24. The van der Waals surface area contributed by atoms with Crippen molar-refractivity contribution >= 4 is 12.1 Å². The molecule has 1 aliphatic rings. The standard InChI is InChI=1S/C29H41FN4O4/c1-4-21-9-5-10-22(19-21)26-24(12-6-13-25(26)30)29(37,14-8-15-33-28(36)38-3)23-11-7-18-34(20-23)27(35)32-17-16-31-2/h5-6,9-10,12-13,19,23,31,37H,4,7-8,11,14-18,20H2,1-3H3,(H,32,35)(H,33,36)/t23-,29?/m1/s1. The fourth-order valence-electron chi connectivity index (χ4n) is 5.26. The Morgan fingerprint density at radius 2 is 1.95 bits per heavy atom. The summed E-state index contributed by atoms with van der Waals surface area (Å²) < 4.78 is 20.2. The summed E-state index contributed by atoms with van der Waals surface area (Å²) in [7, 11) is 3.12. The molecule has 0 aromatic heterocycles. The number of halogens is 1. The van der Waals surface area contributed by atoms with Crippen molar-refractivity contribution in [2.24, 2.45) is 5.92 Å². The van der Waals surface area contributed by atoms with Crippen LogP contribution in [0.5, 0.6) is 0 Å². The quantitative estimate of drug-likeness (QED) is 0.330. The number of urea groups is 1. The summed E-state index contributed by atoms with van der Waals surface area (Å²) in [6.45, 7) is 4.44. The third kappa shape index (κ3) is 7.23. The van der Waals surface area contributed by atoms with Gasteiger partial charge in [0.15, 0.2) is 0 Å². The molecule has 0 aliphatic carbocycles. The molecule has 3 amide bonds. The number of hydrogen-bond donors (Lipinski definition) is 4. The van der Waals surface area contributed by atoms with Crippen LogP contribution < -0.4 is 16.0 Å². The third-order valence-corrected chi connectivity index (χ3v) is 7.33. The van der Waals surface area contributed by atoms with E-state index in [-0.39, 0.29) is 18.4 Å². The number of alkyl carbamates (subject to hydrolysis) is 1. The minimum Gasteiger partial charge on any atom is -0.453 e. The molecule has 38 heavy (non-hydrogen) atoms. The summed E-state index contributed by atoms with van der Waals surface area (Å²) >= 11 is 0. The number of hydrogen-bond acceptors (Lipinski definition) is 5. The minimum absolute atomic E-state index is 0.172. The van der Waals surface area contributed by atoms with E-state index in [1.54, 1.807) is 17.0 Å². The van der Waals surface area contributed by atoms with Gasteiger partial charge in [-0.25, -0.2) is 14.0 Å². The number of likely N-dealkylation sites (N-methyl/N-ethyl adjacent to an activating group) is 1. The monoisotopic (exact) mass is 528 g/mol. The Kier molecular flexibility index (Phi) is 10.9. The number of piperidine rings is 1. The number of ether oxygens (including phenoxy) is 1. The van der Waals surface area contributed by atoms with Crippen LogP contribution in [0.15, 0.2) is 42.5 Å². The number of amides is 3. The van der Waals surface area contributed by atoms with E-state index in [9.17, 15) is 14.7 Å². The molecule has 0 bridgehead atoms. The van der Waals surface area contributed by atoms with E-state index in [1.807, 2.05) is 38.2 Å². The van der Waals surface area contributed by atoms with Crippen LogP contribution in [0.4, 0.5) is 14.0 Å². The Morgan fingerprint density at radius 1 is 1.16 bits per heavy atom. The molecule has 3 rings (SSSR count). The average molecular weight is 529 g/mol. The van der Waals surface area contributed by atoms with E-state index >= 15 is 4.39 Å². The normalized spacial score (nSPS) is 17.0. The number of nitrogens with one attached hydrogen (secondary N) is 3. The maximum absolute atomic E-state index is 15.5. The second-order valence-electron chi connectivity index (χ2n) is 9.78. The highest BCUT2D eigenvalue weighted by Crippen LogP contribution is 2.44. The van der Waals surface area contributed by atoms with Crippen molar-refractivity contribution in [2.45, 2.75) is 44.6 Å². The maximum Gasteiger partial charge on any atom is 0.406 e. The van der Waals surface area contributed by atoms with E-state index in [1.165, 1.54) is 13.2 Å². The van der Waals surface area contributed by atoms with Gasteiger partial charge in [0.2, 0.25) is 0 Å². The Morgan fingerprint density at radius 3 is 2.68 bits per heavy atom. The van der Waals surface area contributed by atoms with Crippen molar-refractivity contribution in [3.05, 3.63) is 59.4 Å². The zero-order chi connectivity index (χ0) is 27.5. The number of benzene rings is 2. The highest BCUT2D eigenvalue weighted by molar-refractivity contribution is 5.74. The largest absolute Gasteiger partial charge is 0.453 e. The van der Waals surface area contributed by atoms with Gasteiger partial charge in [-0.3, -0.25) is 0 Å². The first-order chi connectivity index (χ1) is 18.3. The van der Waals surface area contributed by atoms with Gasteiger partial charge in [0.25, 0.3) is 0 Å². The van der Waals surface area contributed by atoms with Gasteiger partial charge in [0, 0.05) is 44.2 Å². The molecule has 1 heterocycles. The molecule has 1 fully saturated rings. The van der Waals surface area contributed by atoms with E-state index < -0.39 is 17.5 Å². The van der Waals surface area contributed by atoms with Crippen molar-refractivity contribution < 1.29 is 23.8 Å². The highest BCUT2D eigenvalue weighted by atomic mass is 19.1. The topological polar surface area (TPSA) is 103 Å². The molecule has 1 unspecified atom stereocenters.